The predicted octanol–water partition coefficient (Wildman–Crippen LogP) is 2.76. The molecule has 0 unspecified atom stereocenters. The summed E-state index contributed by atoms with van der Waals surface area (Å²) in [5.41, 5.74) is 2.71. The number of aliphatic hydroxyl groups is 1. The van der Waals surface area contributed by atoms with Crippen molar-refractivity contribution in [1.29, 1.82) is 5.26 Å². The number of allylic oxidation sites excluding steroid dienone is 2. The highest BCUT2D eigenvalue weighted by Crippen LogP contribution is 2.17. The largest absolute Gasteiger partial charge is 0.508 e. The lowest BCUT2D eigenvalue weighted by molar-refractivity contribution is -0.117. The SMILES string of the molecule is COC(=O)c1ccc(/C=C/C=C(\C#N)C(=O)NCc2ccc(C)c(O)c2)cc1CO. The Bertz CT molecular complexity index is 1050. The van der Waals surface area contributed by atoms with Crippen molar-refractivity contribution < 1.29 is 24.5 Å². The molecule has 154 valence electrons. The molecule has 30 heavy (non-hydrogen) atoms. The van der Waals surface area contributed by atoms with E-state index in [2.05, 4.69) is 10.1 Å². The van der Waals surface area contributed by atoms with Gasteiger partial charge in [-0.1, -0.05) is 30.4 Å². The van der Waals surface area contributed by atoms with Crippen LogP contribution in [0.2, 0.25) is 0 Å². The van der Waals surface area contributed by atoms with Crippen molar-refractivity contribution in [3.8, 4) is 11.8 Å². The number of nitrogens with one attached hydrogen (secondary N) is 1. The number of aromatic hydroxyl groups is 1. The number of rotatable bonds is 7. The highest BCUT2D eigenvalue weighted by molar-refractivity contribution is 5.97. The Morgan fingerprint density at radius 2 is 2.00 bits per heavy atom. The Morgan fingerprint density at radius 1 is 1.23 bits per heavy atom. The molecular weight excluding hydrogens is 384 g/mol. The van der Waals surface area contributed by atoms with Crippen molar-refractivity contribution in [3.63, 3.8) is 0 Å². The summed E-state index contributed by atoms with van der Waals surface area (Å²) in [7, 11) is 1.26. The first kappa shape index (κ1) is 22.4. The maximum absolute atomic E-state index is 12.2. The van der Waals surface area contributed by atoms with Crippen LogP contribution in [0.4, 0.5) is 0 Å². The van der Waals surface area contributed by atoms with Crippen LogP contribution in [-0.2, 0) is 22.7 Å². The van der Waals surface area contributed by atoms with Gasteiger partial charge < -0.3 is 20.3 Å². The lowest BCUT2D eigenvalue weighted by Gasteiger charge is -2.06. The number of ether oxygens (including phenoxy) is 1. The predicted molar refractivity (Wildman–Crippen MR) is 111 cm³/mol. The van der Waals surface area contributed by atoms with E-state index in [1.165, 1.54) is 25.3 Å². The molecule has 0 saturated heterocycles. The van der Waals surface area contributed by atoms with Crippen LogP contribution in [0.15, 0.2) is 54.1 Å². The molecule has 2 rings (SSSR count). The number of carbonyl (C=O) groups is 2. The molecule has 0 atom stereocenters. The molecule has 7 heteroatoms. The van der Waals surface area contributed by atoms with E-state index in [-0.39, 0.29) is 30.0 Å². The van der Waals surface area contributed by atoms with Gasteiger partial charge >= 0.3 is 5.97 Å². The zero-order chi connectivity index (χ0) is 22.1. The first-order chi connectivity index (χ1) is 14.4. The van der Waals surface area contributed by atoms with E-state index in [1.807, 2.05) is 6.07 Å². The van der Waals surface area contributed by atoms with Crippen molar-refractivity contribution >= 4 is 18.0 Å². The molecule has 0 radical (unpaired) electrons. The van der Waals surface area contributed by atoms with Crippen molar-refractivity contribution in [2.45, 2.75) is 20.1 Å². The Hall–Kier alpha value is -3.89. The number of hydrogen-bond acceptors (Lipinski definition) is 6. The molecule has 3 N–H and O–H groups in total. The number of benzene rings is 2. The second-order valence-electron chi connectivity index (χ2n) is 6.42. The van der Waals surface area contributed by atoms with E-state index in [1.54, 1.807) is 43.3 Å². The molecule has 0 saturated carbocycles. The molecule has 0 aliphatic heterocycles. The van der Waals surface area contributed by atoms with Gasteiger partial charge in [-0.3, -0.25) is 4.79 Å². The zero-order valence-corrected chi connectivity index (χ0v) is 16.7. The molecule has 0 aliphatic rings. The van der Waals surface area contributed by atoms with Gasteiger partial charge in [0.15, 0.2) is 0 Å². The van der Waals surface area contributed by atoms with E-state index in [9.17, 15) is 25.1 Å². The van der Waals surface area contributed by atoms with Crippen molar-refractivity contribution in [1.82, 2.24) is 5.32 Å². The third-order valence-electron chi connectivity index (χ3n) is 4.35. The molecule has 1 amide bonds. The lowest BCUT2D eigenvalue weighted by atomic mass is 10.0. The summed E-state index contributed by atoms with van der Waals surface area (Å²) >= 11 is 0. The third-order valence-corrected chi connectivity index (χ3v) is 4.35. The number of nitriles is 1. The number of hydrogen-bond donors (Lipinski definition) is 3. The summed E-state index contributed by atoms with van der Waals surface area (Å²) < 4.78 is 4.67. The van der Waals surface area contributed by atoms with Gasteiger partial charge in [-0.2, -0.15) is 5.26 Å². The van der Waals surface area contributed by atoms with E-state index in [0.29, 0.717) is 16.7 Å². The van der Waals surface area contributed by atoms with Crippen LogP contribution in [0.5, 0.6) is 5.75 Å². The van der Waals surface area contributed by atoms with Gasteiger partial charge in [0, 0.05) is 6.54 Å². The standard InChI is InChI=1S/C23H22N2O5/c1-15-6-7-17(11-21(15)27)13-25-22(28)18(12-24)5-3-4-16-8-9-20(23(29)30-2)19(10-16)14-26/h3-11,26-27H,13-14H2,1-2H3,(H,25,28)/b4-3+,18-5+. The second kappa shape index (κ2) is 10.6. The molecule has 0 heterocycles. The van der Waals surface area contributed by atoms with Crippen molar-refractivity contribution in [3.05, 3.63) is 81.9 Å². The van der Waals surface area contributed by atoms with E-state index in [0.717, 1.165) is 5.56 Å². The number of nitrogens with zero attached hydrogens (tertiary/aromatic N) is 1. The molecule has 2 aromatic carbocycles. The van der Waals surface area contributed by atoms with E-state index < -0.39 is 11.9 Å². The summed E-state index contributed by atoms with van der Waals surface area (Å²) in [5.74, 6) is -0.944. The first-order valence-electron chi connectivity index (χ1n) is 9.06. The number of phenols is 1. The molecule has 0 bridgehead atoms. The number of aryl methyl sites for hydroxylation is 1. The van der Waals surface area contributed by atoms with Crippen LogP contribution >= 0.6 is 0 Å². The minimum atomic E-state index is -0.542. The van der Waals surface area contributed by atoms with Gasteiger partial charge in [-0.25, -0.2) is 4.79 Å². The number of esters is 1. The molecular formula is C23H22N2O5. The van der Waals surface area contributed by atoms with Gasteiger partial charge in [0.25, 0.3) is 5.91 Å². The first-order valence-corrected chi connectivity index (χ1v) is 9.06. The maximum atomic E-state index is 12.2. The molecule has 2 aromatic rings. The van der Waals surface area contributed by atoms with E-state index >= 15 is 0 Å². The van der Waals surface area contributed by atoms with E-state index in [4.69, 9.17) is 0 Å². The van der Waals surface area contributed by atoms with Crippen LogP contribution < -0.4 is 5.32 Å². The fraction of sp³-hybridized carbons (Fsp3) is 0.174. The fourth-order valence-electron chi connectivity index (χ4n) is 2.62. The lowest BCUT2D eigenvalue weighted by Crippen LogP contribution is -2.23. The highest BCUT2D eigenvalue weighted by Gasteiger charge is 2.11. The Balaban J connectivity index is 2.07. The van der Waals surface area contributed by atoms with Crippen LogP contribution in [0, 0.1) is 18.3 Å². The van der Waals surface area contributed by atoms with Crippen LogP contribution in [0.25, 0.3) is 6.08 Å². The maximum Gasteiger partial charge on any atom is 0.338 e. The highest BCUT2D eigenvalue weighted by atomic mass is 16.5. The number of methoxy groups -OCH3 is 1. The summed E-state index contributed by atoms with van der Waals surface area (Å²) in [5, 5.41) is 31.0. The normalized spacial score (nSPS) is 11.2. The summed E-state index contributed by atoms with van der Waals surface area (Å²) in [6, 6.07) is 11.7. The van der Waals surface area contributed by atoms with Gasteiger partial charge in [-0.15, -0.1) is 0 Å². The molecule has 0 aliphatic carbocycles. The van der Waals surface area contributed by atoms with Crippen molar-refractivity contribution in [2.24, 2.45) is 0 Å². The fourth-order valence-corrected chi connectivity index (χ4v) is 2.62. The zero-order valence-electron chi connectivity index (χ0n) is 16.7. The topological polar surface area (TPSA) is 120 Å². The van der Waals surface area contributed by atoms with Crippen LogP contribution in [-0.4, -0.2) is 29.2 Å². The Kier molecular flexibility index (Phi) is 7.91. The minimum Gasteiger partial charge on any atom is -0.508 e. The van der Waals surface area contributed by atoms with Crippen molar-refractivity contribution in [2.75, 3.05) is 7.11 Å². The average Bonchev–Trinajstić information content (AvgIpc) is 2.76. The smallest absolute Gasteiger partial charge is 0.338 e. The minimum absolute atomic E-state index is 0.0869. The monoisotopic (exact) mass is 406 g/mol. The molecule has 0 spiro atoms. The van der Waals surface area contributed by atoms with Crippen LogP contribution in [0.3, 0.4) is 0 Å². The summed E-state index contributed by atoms with van der Waals surface area (Å²) in [4.78, 5) is 23.9. The van der Waals surface area contributed by atoms with Gasteiger partial charge in [0.1, 0.15) is 17.4 Å². The quantitative estimate of drug-likeness (QED) is 0.281. The summed E-state index contributed by atoms with van der Waals surface area (Å²) in [6.45, 7) is 1.61. The van der Waals surface area contributed by atoms with Crippen LogP contribution in [0.1, 0.15) is 32.6 Å². The van der Waals surface area contributed by atoms with Gasteiger partial charge in [0.2, 0.25) is 0 Å². The number of phenolic OH excluding ortho intramolecular Hbond substituents is 1. The number of carbonyl (C=O) groups excluding carboxylic acids is 2. The Labute approximate surface area is 174 Å². The number of amides is 1. The molecule has 0 fully saturated rings. The second-order valence-corrected chi connectivity index (χ2v) is 6.42. The van der Waals surface area contributed by atoms with Gasteiger partial charge in [0.05, 0.1) is 19.3 Å². The average molecular weight is 406 g/mol. The third kappa shape index (κ3) is 5.80. The summed E-state index contributed by atoms with van der Waals surface area (Å²) in [6.07, 6.45) is 4.54. The Morgan fingerprint density at radius 3 is 2.63 bits per heavy atom. The molecule has 7 nitrogen and oxygen atoms in total. The number of aliphatic hydroxyl groups excluding tert-OH is 1. The molecule has 0 aromatic heterocycles. The van der Waals surface area contributed by atoms with Gasteiger partial charge in [-0.05, 0) is 53.5 Å².